The Kier molecular flexibility index (Phi) is 7.09. The number of carboxylic acid groups (broad SMARTS) is 2. The van der Waals surface area contributed by atoms with Gasteiger partial charge in [-0.15, -0.1) is 0 Å². The van der Waals surface area contributed by atoms with Crippen LogP contribution in [0, 0.1) is 0 Å². The highest BCUT2D eigenvalue weighted by atomic mass is 16.4. The summed E-state index contributed by atoms with van der Waals surface area (Å²) in [4.78, 5) is 46.8. The number of carbonyl (C=O) groups excluding carboxylic acids is 2. The fraction of sp³-hybridized carbons (Fsp3) is 0.429. The van der Waals surface area contributed by atoms with Crippen LogP contribution in [-0.4, -0.2) is 39.4 Å². The molecule has 0 spiro atoms. The minimum atomic E-state index is -1.62. The molecule has 1 amide bonds. The van der Waals surface area contributed by atoms with E-state index >= 15 is 0 Å². The Hall–Kier alpha value is -2.96. The first-order chi connectivity index (χ1) is 13.3. The van der Waals surface area contributed by atoms with Crippen LogP contribution in [0.5, 0.6) is 0 Å². The van der Waals surface area contributed by atoms with E-state index in [1.807, 2.05) is 0 Å². The van der Waals surface area contributed by atoms with Crippen LogP contribution in [0.25, 0.3) is 0 Å². The van der Waals surface area contributed by atoms with E-state index < -0.39 is 23.4 Å². The molecule has 150 valence electrons. The zero-order valence-corrected chi connectivity index (χ0v) is 15.6. The number of ketones is 1. The number of carboxylic acids is 2. The van der Waals surface area contributed by atoms with Gasteiger partial charge in [-0.2, -0.15) is 0 Å². The first-order valence-electron chi connectivity index (χ1n) is 9.31. The number of carbonyl (C=O) groups is 4. The fourth-order valence-electron chi connectivity index (χ4n) is 3.64. The molecule has 1 aromatic rings. The standard InChI is InChI=1S/C21H25NO6/c1-2-16(23)21(12-4-3-5-13-21)22-17(24)11-8-14-6-9-15(10-7-14)18(19(25)26)20(27)28/h2,6-7,9-10,18H,1,3-5,8,11-13H2,(H,22,24)(H,25,26)(H,27,28). The molecule has 0 aliphatic heterocycles. The van der Waals surface area contributed by atoms with E-state index in [0.717, 1.165) is 24.8 Å². The number of benzene rings is 1. The molecule has 1 aromatic carbocycles. The molecule has 0 atom stereocenters. The zero-order chi connectivity index (χ0) is 20.7. The molecule has 0 radical (unpaired) electrons. The van der Waals surface area contributed by atoms with Crippen molar-refractivity contribution in [2.24, 2.45) is 0 Å². The average Bonchev–Trinajstić information content (AvgIpc) is 2.67. The molecule has 0 saturated heterocycles. The molecule has 0 aromatic heterocycles. The Morgan fingerprint density at radius 3 is 2.11 bits per heavy atom. The second-order valence-corrected chi connectivity index (χ2v) is 7.11. The monoisotopic (exact) mass is 387 g/mol. The fourth-order valence-corrected chi connectivity index (χ4v) is 3.64. The van der Waals surface area contributed by atoms with Gasteiger partial charge >= 0.3 is 11.9 Å². The van der Waals surface area contributed by atoms with Crippen LogP contribution in [0.1, 0.15) is 55.6 Å². The highest BCUT2D eigenvalue weighted by Crippen LogP contribution is 2.29. The zero-order valence-electron chi connectivity index (χ0n) is 15.6. The molecule has 0 heterocycles. The number of hydrogen-bond acceptors (Lipinski definition) is 4. The van der Waals surface area contributed by atoms with Gasteiger partial charge < -0.3 is 15.5 Å². The summed E-state index contributed by atoms with van der Waals surface area (Å²) < 4.78 is 0. The molecule has 7 heteroatoms. The van der Waals surface area contributed by atoms with Crippen LogP contribution in [0.15, 0.2) is 36.9 Å². The quantitative estimate of drug-likeness (QED) is 0.442. The molecule has 0 unspecified atom stereocenters. The maximum atomic E-state index is 12.4. The maximum Gasteiger partial charge on any atom is 0.322 e. The van der Waals surface area contributed by atoms with E-state index in [2.05, 4.69) is 11.9 Å². The van der Waals surface area contributed by atoms with Crippen LogP contribution in [0.4, 0.5) is 0 Å². The largest absolute Gasteiger partial charge is 0.480 e. The van der Waals surface area contributed by atoms with Crippen molar-refractivity contribution in [3.8, 4) is 0 Å². The first-order valence-corrected chi connectivity index (χ1v) is 9.31. The smallest absolute Gasteiger partial charge is 0.322 e. The lowest BCUT2D eigenvalue weighted by molar-refractivity contribution is -0.150. The van der Waals surface area contributed by atoms with Crippen LogP contribution < -0.4 is 5.32 Å². The van der Waals surface area contributed by atoms with Gasteiger partial charge in [-0.1, -0.05) is 50.1 Å². The van der Waals surface area contributed by atoms with E-state index in [4.69, 9.17) is 10.2 Å². The maximum absolute atomic E-state index is 12.4. The average molecular weight is 387 g/mol. The van der Waals surface area contributed by atoms with Crippen LogP contribution in [0.2, 0.25) is 0 Å². The molecular weight excluding hydrogens is 362 g/mol. The van der Waals surface area contributed by atoms with Crippen molar-refractivity contribution in [2.75, 3.05) is 0 Å². The molecule has 3 N–H and O–H groups in total. The Bertz CT molecular complexity index is 748. The highest BCUT2D eigenvalue weighted by molar-refractivity contribution is 6.00. The summed E-state index contributed by atoms with van der Waals surface area (Å²) in [7, 11) is 0. The summed E-state index contributed by atoms with van der Waals surface area (Å²) in [6.07, 6.45) is 5.88. The normalized spacial score (nSPS) is 15.6. The van der Waals surface area contributed by atoms with Crippen molar-refractivity contribution in [1.29, 1.82) is 0 Å². The van der Waals surface area contributed by atoms with E-state index in [1.54, 1.807) is 12.1 Å². The summed E-state index contributed by atoms with van der Waals surface area (Å²) in [6, 6.07) is 6.13. The van der Waals surface area contributed by atoms with Gasteiger partial charge in [0.2, 0.25) is 5.91 Å². The SMILES string of the molecule is C=CC(=O)C1(NC(=O)CCc2ccc(C(C(=O)O)C(=O)O)cc2)CCCCC1. The van der Waals surface area contributed by atoms with Gasteiger partial charge in [0, 0.05) is 6.42 Å². The van der Waals surface area contributed by atoms with Gasteiger partial charge in [0.15, 0.2) is 11.7 Å². The van der Waals surface area contributed by atoms with Crippen molar-refractivity contribution in [2.45, 2.75) is 56.4 Å². The van der Waals surface area contributed by atoms with Gasteiger partial charge in [0.25, 0.3) is 0 Å². The lowest BCUT2D eigenvalue weighted by Gasteiger charge is -2.35. The van der Waals surface area contributed by atoms with Crippen molar-refractivity contribution in [1.82, 2.24) is 5.32 Å². The van der Waals surface area contributed by atoms with Gasteiger partial charge in [0.05, 0.1) is 0 Å². The highest BCUT2D eigenvalue weighted by Gasteiger charge is 2.38. The lowest BCUT2D eigenvalue weighted by Crippen LogP contribution is -2.55. The lowest BCUT2D eigenvalue weighted by atomic mass is 9.78. The molecule has 2 rings (SSSR count). The van der Waals surface area contributed by atoms with Crippen molar-refractivity contribution in [3.63, 3.8) is 0 Å². The van der Waals surface area contributed by atoms with E-state index in [0.29, 0.717) is 19.3 Å². The number of aliphatic carboxylic acids is 2. The van der Waals surface area contributed by atoms with Crippen LogP contribution >= 0.6 is 0 Å². The Morgan fingerprint density at radius 1 is 1.04 bits per heavy atom. The van der Waals surface area contributed by atoms with Crippen molar-refractivity contribution < 1.29 is 29.4 Å². The van der Waals surface area contributed by atoms with Crippen molar-refractivity contribution in [3.05, 3.63) is 48.0 Å². The molecule has 0 bridgehead atoms. The van der Waals surface area contributed by atoms with Crippen molar-refractivity contribution >= 4 is 23.6 Å². The molecule has 28 heavy (non-hydrogen) atoms. The third kappa shape index (κ3) is 5.06. The summed E-state index contributed by atoms with van der Waals surface area (Å²) in [5.41, 5.74) is 0.101. The Morgan fingerprint density at radius 2 is 1.61 bits per heavy atom. The van der Waals surface area contributed by atoms with E-state index in [1.165, 1.54) is 18.2 Å². The summed E-state index contributed by atoms with van der Waals surface area (Å²) in [5.74, 6) is -4.85. The Labute approximate surface area is 163 Å². The molecule has 7 nitrogen and oxygen atoms in total. The second kappa shape index (κ2) is 9.30. The predicted molar refractivity (Wildman–Crippen MR) is 102 cm³/mol. The molecule has 1 fully saturated rings. The van der Waals surface area contributed by atoms with Gasteiger partial charge in [-0.05, 0) is 36.5 Å². The predicted octanol–water partition coefficient (Wildman–Crippen LogP) is 2.45. The second-order valence-electron chi connectivity index (χ2n) is 7.11. The van der Waals surface area contributed by atoms with Crippen LogP contribution in [0.3, 0.4) is 0 Å². The van der Waals surface area contributed by atoms with E-state index in [9.17, 15) is 19.2 Å². The number of aryl methyl sites for hydroxylation is 1. The summed E-state index contributed by atoms with van der Waals surface area (Å²) in [5, 5.41) is 20.9. The third-order valence-corrected chi connectivity index (χ3v) is 5.19. The summed E-state index contributed by atoms with van der Waals surface area (Å²) >= 11 is 0. The number of rotatable bonds is 9. The first kappa shape index (κ1) is 21.3. The number of nitrogens with one attached hydrogen (secondary N) is 1. The number of amides is 1. The van der Waals surface area contributed by atoms with Gasteiger partial charge in [-0.3, -0.25) is 19.2 Å². The minimum absolute atomic E-state index is 0.154. The number of hydrogen-bond donors (Lipinski definition) is 3. The van der Waals surface area contributed by atoms with Crippen LogP contribution in [-0.2, 0) is 25.6 Å². The van der Waals surface area contributed by atoms with Gasteiger partial charge in [0.1, 0.15) is 5.54 Å². The minimum Gasteiger partial charge on any atom is -0.480 e. The van der Waals surface area contributed by atoms with E-state index in [-0.39, 0.29) is 23.7 Å². The molecule has 1 aliphatic rings. The van der Waals surface area contributed by atoms with Gasteiger partial charge in [-0.25, -0.2) is 0 Å². The third-order valence-electron chi connectivity index (χ3n) is 5.19. The Balaban J connectivity index is 1.98. The molecule has 1 saturated carbocycles. The topological polar surface area (TPSA) is 121 Å². The summed E-state index contributed by atoms with van der Waals surface area (Å²) in [6.45, 7) is 3.54. The molecule has 1 aliphatic carbocycles. The molecular formula is C21H25NO6.